The molecule has 2 N–H and O–H groups in total. The van der Waals surface area contributed by atoms with E-state index in [9.17, 15) is 4.79 Å². The van der Waals surface area contributed by atoms with Gasteiger partial charge in [0.2, 0.25) is 0 Å². The van der Waals surface area contributed by atoms with Gasteiger partial charge in [-0.1, -0.05) is 19.9 Å². The quantitative estimate of drug-likeness (QED) is 0.845. The number of rotatable bonds is 6. The largest absolute Gasteiger partial charge is 0.481 e. The molecule has 0 aromatic heterocycles. The lowest BCUT2D eigenvalue weighted by Gasteiger charge is -2.27. The second-order valence-corrected chi connectivity index (χ2v) is 6.20. The molecule has 1 atom stereocenters. The van der Waals surface area contributed by atoms with Crippen molar-refractivity contribution in [3.63, 3.8) is 0 Å². The van der Waals surface area contributed by atoms with Crippen LogP contribution in [-0.4, -0.2) is 31.6 Å². The predicted molar refractivity (Wildman–Crippen MR) is 92.0 cm³/mol. The van der Waals surface area contributed by atoms with Gasteiger partial charge < -0.3 is 15.4 Å². The topological polar surface area (TPSA) is 50.4 Å². The third-order valence-corrected chi connectivity index (χ3v) is 3.98. The summed E-state index contributed by atoms with van der Waals surface area (Å²) in [6, 6.07) is 6.04. The van der Waals surface area contributed by atoms with Crippen molar-refractivity contribution >= 4 is 18.3 Å². The normalized spacial score (nSPS) is 15.7. The molecule has 2 rings (SSSR count). The van der Waals surface area contributed by atoms with Gasteiger partial charge in [0, 0.05) is 25.6 Å². The summed E-state index contributed by atoms with van der Waals surface area (Å²) in [5, 5.41) is 6.14. The number of carbonyl (C=O) groups excluding carboxylic acids is 1. The molecule has 0 bridgehead atoms. The first kappa shape index (κ1) is 18.8. The minimum absolute atomic E-state index is 0. The van der Waals surface area contributed by atoms with Crippen molar-refractivity contribution in [2.24, 2.45) is 5.92 Å². The van der Waals surface area contributed by atoms with Gasteiger partial charge in [0.15, 0.2) is 6.10 Å². The lowest BCUT2D eigenvalue weighted by atomic mass is 9.98. The van der Waals surface area contributed by atoms with Crippen molar-refractivity contribution in [3.8, 4) is 5.75 Å². The molecule has 0 aliphatic carbocycles. The summed E-state index contributed by atoms with van der Waals surface area (Å²) in [4.78, 5) is 12.0. The van der Waals surface area contributed by atoms with Crippen LogP contribution in [0.1, 0.15) is 37.8 Å². The average molecular weight is 327 g/mol. The number of benzene rings is 1. The van der Waals surface area contributed by atoms with Crippen LogP contribution in [-0.2, 0) is 4.79 Å². The summed E-state index contributed by atoms with van der Waals surface area (Å²) in [6.45, 7) is 10.9. The maximum atomic E-state index is 12.0. The molecule has 1 heterocycles. The van der Waals surface area contributed by atoms with Gasteiger partial charge >= 0.3 is 0 Å². The highest BCUT2D eigenvalue weighted by atomic mass is 35.5. The highest BCUT2D eigenvalue weighted by molar-refractivity contribution is 5.85. The molecule has 1 amide bonds. The van der Waals surface area contributed by atoms with Crippen molar-refractivity contribution in [3.05, 3.63) is 29.3 Å². The summed E-state index contributed by atoms with van der Waals surface area (Å²) in [6.07, 6.45) is -0.470. The number of amides is 1. The lowest BCUT2D eigenvalue weighted by Crippen LogP contribution is -2.49. The van der Waals surface area contributed by atoms with Gasteiger partial charge in [-0.3, -0.25) is 4.79 Å². The van der Waals surface area contributed by atoms with Crippen LogP contribution in [0.15, 0.2) is 18.2 Å². The summed E-state index contributed by atoms with van der Waals surface area (Å²) < 4.78 is 5.75. The number of halogens is 1. The van der Waals surface area contributed by atoms with E-state index in [0.29, 0.717) is 11.8 Å². The molecule has 1 unspecified atom stereocenters. The van der Waals surface area contributed by atoms with Crippen LogP contribution < -0.4 is 15.4 Å². The Hall–Kier alpha value is -1.26. The number of hydrogen-bond donors (Lipinski definition) is 2. The molecule has 5 heteroatoms. The Kier molecular flexibility index (Phi) is 7.17. The van der Waals surface area contributed by atoms with Crippen molar-refractivity contribution in [1.82, 2.24) is 10.6 Å². The van der Waals surface area contributed by atoms with Crippen LogP contribution in [0.25, 0.3) is 0 Å². The van der Waals surface area contributed by atoms with Gasteiger partial charge in [-0.25, -0.2) is 0 Å². The van der Waals surface area contributed by atoms with Crippen LogP contribution in [0, 0.1) is 12.8 Å². The molecule has 0 radical (unpaired) electrons. The van der Waals surface area contributed by atoms with Gasteiger partial charge in [-0.2, -0.15) is 0 Å². The van der Waals surface area contributed by atoms with E-state index < -0.39 is 6.10 Å². The van der Waals surface area contributed by atoms with Gasteiger partial charge in [0.25, 0.3) is 5.91 Å². The molecule has 4 nitrogen and oxygen atoms in total. The Bertz CT molecular complexity index is 501. The van der Waals surface area contributed by atoms with E-state index in [1.54, 1.807) is 6.92 Å². The van der Waals surface area contributed by atoms with Gasteiger partial charge in [-0.15, -0.1) is 12.4 Å². The zero-order valence-electron chi connectivity index (χ0n) is 13.8. The van der Waals surface area contributed by atoms with Gasteiger partial charge in [0.05, 0.1) is 0 Å². The van der Waals surface area contributed by atoms with Crippen LogP contribution in [0.4, 0.5) is 0 Å². The summed E-state index contributed by atoms with van der Waals surface area (Å²) >= 11 is 0. The standard InChI is InChI=1S/C17H26N2O2.ClH/c1-11(2)16-6-5-15(7-12(16)3)21-13(4)17(20)19-10-14-8-18-9-14;/h5-7,11,13-14,18H,8-10H2,1-4H3,(H,19,20);1H. The van der Waals surface area contributed by atoms with Crippen molar-refractivity contribution < 1.29 is 9.53 Å². The van der Waals surface area contributed by atoms with Crippen molar-refractivity contribution in [2.45, 2.75) is 39.7 Å². The minimum Gasteiger partial charge on any atom is -0.481 e. The first-order valence-corrected chi connectivity index (χ1v) is 7.73. The first-order chi connectivity index (χ1) is 9.97. The Morgan fingerprint density at radius 2 is 2.05 bits per heavy atom. The molecule has 1 aromatic carbocycles. The molecule has 1 aliphatic heterocycles. The molecular formula is C17H27ClN2O2. The van der Waals surface area contributed by atoms with Gasteiger partial charge in [0.1, 0.15) is 5.75 Å². The SMILES string of the molecule is Cc1cc(OC(C)C(=O)NCC2CNC2)ccc1C(C)C.Cl. The van der Waals surface area contributed by atoms with E-state index in [-0.39, 0.29) is 18.3 Å². The second kappa shape index (κ2) is 8.39. The zero-order valence-corrected chi connectivity index (χ0v) is 14.6. The number of carbonyl (C=O) groups is 1. The molecule has 1 fully saturated rings. The average Bonchev–Trinajstić information content (AvgIpc) is 2.36. The van der Waals surface area contributed by atoms with E-state index in [0.717, 1.165) is 25.4 Å². The zero-order chi connectivity index (χ0) is 15.4. The monoisotopic (exact) mass is 326 g/mol. The smallest absolute Gasteiger partial charge is 0.260 e. The molecule has 1 aliphatic rings. The Morgan fingerprint density at radius 3 is 2.55 bits per heavy atom. The fraction of sp³-hybridized carbons (Fsp3) is 0.588. The third kappa shape index (κ3) is 4.89. The van der Waals surface area contributed by atoms with Gasteiger partial charge in [-0.05, 0) is 43.0 Å². The molecule has 1 aromatic rings. The number of hydrogen-bond acceptors (Lipinski definition) is 3. The van der Waals surface area contributed by atoms with E-state index in [2.05, 4.69) is 37.5 Å². The Labute approximate surface area is 139 Å². The van der Waals surface area contributed by atoms with Crippen molar-refractivity contribution in [1.29, 1.82) is 0 Å². The Morgan fingerprint density at radius 1 is 1.36 bits per heavy atom. The molecule has 1 saturated heterocycles. The third-order valence-electron chi connectivity index (χ3n) is 3.98. The predicted octanol–water partition coefficient (Wildman–Crippen LogP) is 2.64. The van der Waals surface area contributed by atoms with Crippen LogP contribution in [0.5, 0.6) is 5.75 Å². The molecule has 0 spiro atoms. The number of nitrogens with one attached hydrogen (secondary N) is 2. The van der Waals surface area contributed by atoms with E-state index in [1.165, 1.54) is 11.1 Å². The highest BCUT2D eigenvalue weighted by Gasteiger charge is 2.20. The second-order valence-electron chi connectivity index (χ2n) is 6.20. The molecule has 124 valence electrons. The maximum Gasteiger partial charge on any atom is 0.260 e. The minimum atomic E-state index is -0.470. The van der Waals surface area contributed by atoms with E-state index in [1.807, 2.05) is 12.1 Å². The summed E-state index contributed by atoms with van der Waals surface area (Å²) in [5.41, 5.74) is 2.52. The maximum absolute atomic E-state index is 12.0. The first-order valence-electron chi connectivity index (χ1n) is 7.73. The molecular weight excluding hydrogens is 300 g/mol. The number of aryl methyl sites for hydroxylation is 1. The van der Waals surface area contributed by atoms with Crippen LogP contribution >= 0.6 is 12.4 Å². The van der Waals surface area contributed by atoms with E-state index >= 15 is 0 Å². The fourth-order valence-electron chi connectivity index (χ4n) is 2.51. The highest BCUT2D eigenvalue weighted by Crippen LogP contribution is 2.24. The molecule has 0 saturated carbocycles. The Balaban J connectivity index is 0.00000242. The van der Waals surface area contributed by atoms with Crippen molar-refractivity contribution in [2.75, 3.05) is 19.6 Å². The summed E-state index contributed by atoms with van der Waals surface area (Å²) in [5.74, 6) is 1.77. The molecule has 22 heavy (non-hydrogen) atoms. The van der Waals surface area contributed by atoms with Crippen LogP contribution in [0.3, 0.4) is 0 Å². The number of ether oxygens (including phenoxy) is 1. The van der Waals surface area contributed by atoms with Crippen LogP contribution in [0.2, 0.25) is 0 Å². The summed E-state index contributed by atoms with van der Waals surface area (Å²) in [7, 11) is 0. The van der Waals surface area contributed by atoms with E-state index in [4.69, 9.17) is 4.74 Å². The lowest BCUT2D eigenvalue weighted by molar-refractivity contribution is -0.127. The fourth-order valence-corrected chi connectivity index (χ4v) is 2.51.